The lowest BCUT2D eigenvalue weighted by molar-refractivity contribution is -0.115. The average Bonchev–Trinajstić information content (AvgIpc) is 3.25. The van der Waals surface area contributed by atoms with Crippen LogP contribution >= 0.6 is 22.9 Å². The van der Waals surface area contributed by atoms with E-state index < -0.39 is 11.8 Å². The molecule has 2 aromatic carbocycles. The number of aromatic nitrogens is 1. The standard InChI is InChI=1S/C23H24ClN3O5S/c1-13-6-5-7-14(20(13)24)8-16-11-26-23(33-16)27-19(28)12-25-22(29)15-9-17(30-2)21(32-4)18(10-15)31-3/h5-7,9-11H,8,12H2,1-4H3,(H,25,29)(H,26,27,28). The Morgan fingerprint density at radius 2 is 1.79 bits per heavy atom. The highest BCUT2D eigenvalue weighted by Gasteiger charge is 2.18. The second kappa shape index (κ2) is 11.0. The van der Waals surface area contributed by atoms with Gasteiger partial charge in [0.1, 0.15) is 0 Å². The number of hydrogen-bond donors (Lipinski definition) is 2. The number of amides is 2. The Bertz CT molecular complexity index is 1140. The highest BCUT2D eigenvalue weighted by atomic mass is 35.5. The van der Waals surface area contributed by atoms with Crippen molar-refractivity contribution in [3.8, 4) is 17.2 Å². The third kappa shape index (κ3) is 5.94. The molecule has 3 rings (SSSR count). The molecule has 0 aliphatic heterocycles. The SMILES string of the molecule is COc1cc(C(=O)NCC(=O)Nc2ncc(Cc3cccc(C)c3Cl)s2)cc(OC)c1OC. The van der Waals surface area contributed by atoms with Gasteiger partial charge in [-0.2, -0.15) is 0 Å². The van der Waals surface area contributed by atoms with Crippen molar-refractivity contribution in [2.45, 2.75) is 13.3 Å². The zero-order valence-electron chi connectivity index (χ0n) is 18.7. The molecule has 0 saturated carbocycles. The van der Waals surface area contributed by atoms with Gasteiger partial charge in [-0.3, -0.25) is 9.59 Å². The minimum absolute atomic E-state index is 0.228. The van der Waals surface area contributed by atoms with Crippen molar-refractivity contribution >= 4 is 39.9 Å². The van der Waals surface area contributed by atoms with Crippen LogP contribution in [0.25, 0.3) is 0 Å². The molecular formula is C23H24ClN3O5S. The summed E-state index contributed by atoms with van der Waals surface area (Å²) in [5.74, 6) is 0.204. The number of aryl methyl sites for hydroxylation is 1. The Kier molecular flexibility index (Phi) is 8.13. The Morgan fingerprint density at radius 3 is 2.42 bits per heavy atom. The summed E-state index contributed by atoms with van der Waals surface area (Å²) in [5, 5.41) is 6.44. The normalized spacial score (nSPS) is 10.5. The quantitative estimate of drug-likeness (QED) is 0.469. The van der Waals surface area contributed by atoms with E-state index in [0.29, 0.717) is 28.8 Å². The number of nitrogens with zero attached hydrogens (tertiary/aromatic N) is 1. The van der Waals surface area contributed by atoms with E-state index in [2.05, 4.69) is 15.6 Å². The first-order valence-corrected chi connectivity index (χ1v) is 11.1. The minimum Gasteiger partial charge on any atom is -0.493 e. The van der Waals surface area contributed by atoms with Crippen molar-refractivity contribution in [2.75, 3.05) is 33.2 Å². The van der Waals surface area contributed by atoms with Gasteiger partial charge in [0.05, 0.1) is 27.9 Å². The molecule has 0 fully saturated rings. The first-order valence-electron chi connectivity index (χ1n) is 9.93. The molecule has 0 bridgehead atoms. The lowest BCUT2D eigenvalue weighted by Gasteiger charge is -2.14. The smallest absolute Gasteiger partial charge is 0.251 e. The van der Waals surface area contributed by atoms with Gasteiger partial charge >= 0.3 is 0 Å². The molecule has 2 N–H and O–H groups in total. The number of rotatable bonds is 9. The number of anilines is 1. The fraction of sp³-hybridized carbons (Fsp3) is 0.261. The van der Waals surface area contributed by atoms with Crippen molar-refractivity contribution < 1.29 is 23.8 Å². The molecule has 3 aromatic rings. The monoisotopic (exact) mass is 489 g/mol. The number of ether oxygens (including phenoxy) is 3. The highest BCUT2D eigenvalue weighted by Crippen LogP contribution is 2.38. The summed E-state index contributed by atoms with van der Waals surface area (Å²) in [7, 11) is 4.40. The summed E-state index contributed by atoms with van der Waals surface area (Å²) >= 11 is 7.72. The molecule has 0 atom stereocenters. The van der Waals surface area contributed by atoms with Crippen molar-refractivity contribution in [3.05, 3.63) is 63.1 Å². The van der Waals surface area contributed by atoms with Crippen LogP contribution in [-0.2, 0) is 11.2 Å². The van der Waals surface area contributed by atoms with Crippen molar-refractivity contribution in [1.82, 2.24) is 10.3 Å². The second-order valence-electron chi connectivity index (χ2n) is 7.00. The fourth-order valence-electron chi connectivity index (χ4n) is 3.12. The zero-order valence-corrected chi connectivity index (χ0v) is 20.2. The van der Waals surface area contributed by atoms with Crippen LogP contribution in [0.2, 0.25) is 5.02 Å². The van der Waals surface area contributed by atoms with Gasteiger partial charge in [0.15, 0.2) is 16.6 Å². The van der Waals surface area contributed by atoms with Crippen LogP contribution < -0.4 is 24.8 Å². The maximum Gasteiger partial charge on any atom is 0.251 e. The number of carbonyl (C=O) groups is 2. The molecule has 1 aromatic heterocycles. The fourth-order valence-corrected chi connectivity index (χ4v) is 4.16. The van der Waals surface area contributed by atoms with Crippen molar-refractivity contribution in [3.63, 3.8) is 0 Å². The maximum absolute atomic E-state index is 12.5. The molecule has 10 heteroatoms. The van der Waals surface area contributed by atoms with E-state index in [0.717, 1.165) is 21.0 Å². The van der Waals surface area contributed by atoms with Gasteiger partial charge in [-0.1, -0.05) is 29.8 Å². The van der Waals surface area contributed by atoms with Crippen LogP contribution in [0.3, 0.4) is 0 Å². The predicted octanol–water partition coefficient (Wildman–Crippen LogP) is 4.09. The molecule has 1 heterocycles. The molecular weight excluding hydrogens is 466 g/mol. The first-order chi connectivity index (χ1) is 15.9. The molecule has 0 radical (unpaired) electrons. The third-order valence-corrected chi connectivity index (χ3v) is 6.23. The Balaban J connectivity index is 1.59. The number of nitrogens with one attached hydrogen (secondary N) is 2. The van der Waals surface area contributed by atoms with E-state index in [9.17, 15) is 9.59 Å². The summed E-state index contributed by atoms with van der Waals surface area (Å²) < 4.78 is 15.8. The number of thiazole rings is 1. The third-order valence-electron chi connectivity index (χ3n) is 4.77. The summed E-state index contributed by atoms with van der Waals surface area (Å²) in [4.78, 5) is 30.0. The van der Waals surface area contributed by atoms with Gasteiger partial charge < -0.3 is 24.8 Å². The molecule has 174 valence electrons. The van der Waals surface area contributed by atoms with E-state index in [1.165, 1.54) is 44.8 Å². The van der Waals surface area contributed by atoms with E-state index in [1.54, 1.807) is 6.20 Å². The number of hydrogen-bond acceptors (Lipinski definition) is 7. The number of carbonyl (C=O) groups excluding carboxylic acids is 2. The second-order valence-corrected chi connectivity index (χ2v) is 8.49. The van der Waals surface area contributed by atoms with Crippen molar-refractivity contribution in [2.24, 2.45) is 0 Å². The summed E-state index contributed by atoms with van der Waals surface area (Å²) in [5.41, 5.74) is 2.27. The summed E-state index contributed by atoms with van der Waals surface area (Å²) in [6.07, 6.45) is 2.32. The van der Waals surface area contributed by atoms with Crippen LogP contribution in [0, 0.1) is 6.92 Å². The van der Waals surface area contributed by atoms with Gasteiger partial charge in [0, 0.05) is 28.1 Å². The van der Waals surface area contributed by atoms with Crippen LogP contribution in [0.15, 0.2) is 36.5 Å². The lowest BCUT2D eigenvalue weighted by Crippen LogP contribution is -2.32. The van der Waals surface area contributed by atoms with Gasteiger partial charge in [-0.05, 0) is 30.2 Å². The molecule has 0 aliphatic rings. The molecule has 8 nitrogen and oxygen atoms in total. The van der Waals surface area contributed by atoms with Crippen LogP contribution in [0.5, 0.6) is 17.2 Å². The minimum atomic E-state index is -0.460. The number of benzene rings is 2. The number of halogens is 1. The summed E-state index contributed by atoms with van der Waals surface area (Å²) in [6.45, 7) is 1.73. The zero-order chi connectivity index (χ0) is 24.0. The topological polar surface area (TPSA) is 98.8 Å². The van der Waals surface area contributed by atoms with Gasteiger partial charge in [0.25, 0.3) is 5.91 Å². The molecule has 33 heavy (non-hydrogen) atoms. The molecule has 0 saturated heterocycles. The highest BCUT2D eigenvalue weighted by molar-refractivity contribution is 7.15. The maximum atomic E-state index is 12.5. The van der Waals surface area contributed by atoms with E-state index in [4.69, 9.17) is 25.8 Å². The number of methoxy groups -OCH3 is 3. The lowest BCUT2D eigenvalue weighted by atomic mass is 10.1. The van der Waals surface area contributed by atoms with Crippen LogP contribution in [0.1, 0.15) is 26.4 Å². The first kappa shape index (κ1) is 24.3. The molecule has 2 amide bonds. The largest absolute Gasteiger partial charge is 0.493 e. The van der Waals surface area contributed by atoms with Crippen LogP contribution in [0.4, 0.5) is 5.13 Å². The molecule has 0 unspecified atom stereocenters. The molecule has 0 aliphatic carbocycles. The van der Waals surface area contributed by atoms with E-state index >= 15 is 0 Å². The molecule has 0 spiro atoms. The van der Waals surface area contributed by atoms with Crippen LogP contribution in [-0.4, -0.2) is 44.7 Å². The Hall–Kier alpha value is -3.30. The predicted molar refractivity (Wildman–Crippen MR) is 128 cm³/mol. The van der Waals surface area contributed by atoms with Crippen molar-refractivity contribution in [1.29, 1.82) is 0 Å². The van der Waals surface area contributed by atoms with E-state index in [1.807, 2.05) is 25.1 Å². The van der Waals surface area contributed by atoms with Gasteiger partial charge in [-0.25, -0.2) is 4.98 Å². The van der Waals surface area contributed by atoms with Gasteiger partial charge in [-0.15, -0.1) is 11.3 Å². The Labute approximate surface area is 200 Å². The Morgan fingerprint density at radius 1 is 1.09 bits per heavy atom. The summed E-state index contributed by atoms with van der Waals surface area (Å²) in [6, 6.07) is 8.90. The average molecular weight is 490 g/mol. The van der Waals surface area contributed by atoms with Gasteiger partial charge in [0.2, 0.25) is 11.7 Å². The van der Waals surface area contributed by atoms with E-state index in [-0.39, 0.29) is 12.1 Å².